The van der Waals surface area contributed by atoms with E-state index in [1.807, 2.05) is 12.5 Å². The molecular weight excluding hydrogens is 258 g/mol. The number of hydrogen-bond acceptors (Lipinski definition) is 5. The van der Waals surface area contributed by atoms with Crippen molar-refractivity contribution in [2.75, 3.05) is 13.7 Å². The average Bonchev–Trinajstić information content (AvgIpc) is 3.13. The van der Waals surface area contributed by atoms with Gasteiger partial charge < -0.3 is 19.0 Å². The first-order valence-corrected chi connectivity index (χ1v) is 6.62. The molecule has 0 unspecified atom stereocenters. The van der Waals surface area contributed by atoms with E-state index < -0.39 is 5.97 Å². The summed E-state index contributed by atoms with van der Waals surface area (Å²) < 4.78 is 11.8. The molecule has 0 radical (unpaired) electrons. The van der Waals surface area contributed by atoms with Gasteiger partial charge in [-0.1, -0.05) is 0 Å². The molecule has 0 saturated carbocycles. The fourth-order valence-corrected chi connectivity index (χ4v) is 1.93. The van der Waals surface area contributed by atoms with E-state index in [2.05, 4.69) is 19.6 Å². The molecule has 0 aliphatic rings. The second-order valence-electron chi connectivity index (χ2n) is 4.45. The van der Waals surface area contributed by atoms with Gasteiger partial charge in [0.15, 0.2) is 0 Å². The van der Waals surface area contributed by atoms with Gasteiger partial charge in [-0.25, -0.2) is 9.78 Å². The fraction of sp³-hybridized carbons (Fsp3) is 0.429. The molecule has 108 valence electrons. The number of nitrogens with zero attached hydrogens (tertiary/aromatic N) is 2. The summed E-state index contributed by atoms with van der Waals surface area (Å²) in [4.78, 5) is 15.4. The van der Waals surface area contributed by atoms with E-state index in [4.69, 9.17) is 4.42 Å². The monoisotopic (exact) mass is 277 g/mol. The fourth-order valence-electron chi connectivity index (χ4n) is 1.93. The number of imidazole rings is 1. The van der Waals surface area contributed by atoms with E-state index in [0.29, 0.717) is 6.54 Å². The molecule has 2 aromatic heterocycles. The van der Waals surface area contributed by atoms with Crippen LogP contribution < -0.4 is 5.32 Å². The standard InChI is InChI=1S/C14H19N3O3/c1-19-14(18)13-12(4-9-20-13)10-15-5-2-3-7-17-8-6-16-11-17/h4,6,8-9,11,15H,2-3,5,7,10H2,1H3. The Kier molecular flexibility index (Phi) is 5.37. The number of hydrogen-bond donors (Lipinski definition) is 1. The Morgan fingerprint density at radius 3 is 3.15 bits per heavy atom. The third-order valence-corrected chi connectivity index (χ3v) is 3.01. The molecule has 0 spiro atoms. The third kappa shape index (κ3) is 3.96. The molecule has 6 heteroatoms. The van der Waals surface area contributed by atoms with Gasteiger partial charge in [0.2, 0.25) is 5.76 Å². The minimum Gasteiger partial charge on any atom is -0.463 e. The SMILES string of the molecule is COC(=O)c1occc1CNCCCCn1ccnc1. The lowest BCUT2D eigenvalue weighted by Crippen LogP contribution is -2.16. The number of ether oxygens (including phenoxy) is 1. The largest absolute Gasteiger partial charge is 0.463 e. The first kappa shape index (κ1) is 14.3. The van der Waals surface area contributed by atoms with Gasteiger partial charge in [0.1, 0.15) is 0 Å². The second-order valence-corrected chi connectivity index (χ2v) is 4.45. The van der Waals surface area contributed by atoms with E-state index in [1.54, 1.807) is 12.3 Å². The number of methoxy groups -OCH3 is 1. The molecule has 2 aromatic rings. The molecule has 1 N–H and O–H groups in total. The Bertz CT molecular complexity index is 520. The van der Waals surface area contributed by atoms with E-state index in [0.717, 1.165) is 31.5 Å². The minimum atomic E-state index is -0.438. The number of esters is 1. The number of furan rings is 1. The van der Waals surface area contributed by atoms with E-state index in [9.17, 15) is 4.79 Å². The number of rotatable bonds is 8. The third-order valence-electron chi connectivity index (χ3n) is 3.01. The zero-order valence-corrected chi connectivity index (χ0v) is 11.5. The second kappa shape index (κ2) is 7.49. The van der Waals surface area contributed by atoms with Crippen LogP contribution in [0.5, 0.6) is 0 Å². The highest BCUT2D eigenvalue weighted by atomic mass is 16.5. The molecule has 0 bridgehead atoms. The van der Waals surface area contributed by atoms with Crippen molar-refractivity contribution in [1.82, 2.24) is 14.9 Å². The molecular formula is C14H19N3O3. The molecule has 0 aliphatic heterocycles. The van der Waals surface area contributed by atoms with Crippen LogP contribution in [-0.2, 0) is 17.8 Å². The zero-order valence-electron chi connectivity index (χ0n) is 11.5. The maximum atomic E-state index is 11.4. The van der Waals surface area contributed by atoms with Crippen LogP contribution in [0.1, 0.15) is 29.0 Å². The van der Waals surface area contributed by atoms with Gasteiger partial charge in [-0.15, -0.1) is 0 Å². The van der Waals surface area contributed by atoms with Gasteiger partial charge in [-0.3, -0.25) is 0 Å². The summed E-state index contributed by atoms with van der Waals surface area (Å²) in [6, 6.07) is 1.78. The summed E-state index contributed by atoms with van der Waals surface area (Å²) in [5, 5.41) is 3.29. The van der Waals surface area contributed by atoms with Crippen molar-refractivity contribution in [3.8, 4) is 0 Å². The van der Waals surface area contributed by atoms with Crippen LogP contribution in [-0.4, -0.2) is 29.2 Å². The summed E-state index contributed by atoms with van der Waals surface area (Å²) in [6.45, 7) is 2.47. The maximum Gasteiger partial charge on any atom is 0.374 e. The first-order chi connectivity index (χ1) is 9.81. The van der Waals surface area contributed by atoms with Crippen molar-refractivity contribution in [3.63, 3.8) is 0 Å². The number of nitrogens with one attached hydrogen (secondary N) is 1. The molecule has 0 fully saturated rings. The Hall–Kier alpha value is -2.08. The first-order valence-electron chi connectivity index (χ1n) is 6.62. The van der Waals surface area contributed by atoms with Crippen molar-refractivity contribution in [2.24, 2.45) is 0 Å². The summed E-state index contributed by atoms with van der Waals surface area (Å²) in [6.07, 6.45) is 9.21. The molecule has 20 heavy (non-hydrogen) atoms. The van der Waals surface area contributed by atoms with Crippen LogP contribution in [0.25, 0.3) is 0 Å². The number of unbranched alkanes of at least 4 members (excludes halogenated alkanes) is 1. The lowest BCUT2D eigenvalue weighted by molar-refractivity contribution is 0.0563. The molecule has 0 saturated heterocycles. The van der Waals surface area contributed by atoms with Crippen LogP contribution in [0.4, 0.5) is 0 Å². The molecule has 0 aliphatic carbocycles. The van der Waals surface area contributed by atoms with Crippen molar-refractivity contribution in [2.45, 2.75) is 25.9 Å². The van der Waals surface area contributed by atoms with Gasteiger partial charge in [0.25, 0.3) is 0 Å². The normalized spacial score (nSPS) is 10.7. The molecule has 2 rings (SSSR count). The van der Waals surface area contributed by atoms with Crippen LogP contribution in [0, 0.1) is 0 Å². The quantitative estimate of drug-likeness (QED) is 0.589. The lowest BCUT2D eigenvalue weighted by Gasteiger charge is -2.05. The average molecular weight is 277 g/mol. The van der Waals surface area contributed by atoms with Gasteiger partial charge >= 0.3 is 5.97 Å². The van der Waals surface area contributed by atoms with Crippen LogP contribution in [0.15, 0.2) is 35.5 Å². The predicted octanol–water partition coefficient (Wildman–Crippen LogP) is 1.83. The summed E-state index contributed by atoms with van der Waals surface area (Å²) >= 11 is 0. The molecule has 6 nitrogen and oxygen atoms in total. The molecule has 0 aromatic carbocycles. The lowest BCUT2D eigenvalue weighted by atomic mass is 10.2. The van der Waals surface area contributed by atoms with Crippen molar-refractivity contribution in [1.29, 1.82) is 0 Å². The van der Waals surface area contributed by atoms with Crippen LogP contribution >= 0.6 is 0 Å². The number of carbonyl (C=O) groups excluding carboxylic acids is 1. The Labute approximate surface area is 117 Å². The van der Waals surface area contributed by atoms with Crippen LogP contribution in [0.2, 0.25) is 0 Å². The zero-order chi connectivity index (χ0) is 14.2. The highest BCUT2D eigenvalue weighted by Gasteiger charge is 2.14. The highest BCUT2D eigenvalue weighted by Crippen LogP contribution is 2.11. The number of aromatic nitrogens is 2. The molecule has 0 amide bonds. The highest BCUT2D eigenvalue weighted by molar-refractivity contribution is 5.87. The Morgan fingerprint density at radius 2 is 2.40 bits per heavy atom. The predicted molar refractivity (Wildman–Crippen MR) is 73.2 cm³/mol. The number of carbonyl (C=O) groups is 1. The topological polar surface area (TPSA) is 69.3 Å². The Balaban J connectivity index is 1.63. The summed E-state index contributed by atoms with van der Waals surface area (Å²) in [5.41, 5.74) is 0.825. The van der Waals surface area contributed by atoms with Crippen molar-refractivity contribution in [3.05, 3.63) is 42.4 Å². The van der Waals surface area contributed by atoms with Gasteiger partial charge in [-0.2, -0.15) is 0 Å². The number of aryl methyl sites for hydroxylation is 1. The summed E-state index contributed by atoms with van der Waals surface area (Å²) in [7, 11) is 1.35. The van der Waals surface area contributed by atoms with Gasteiger partial charge in [-0.05, 0) is 25.5 Å². The van der Waals surface area contributed by atoms with Crippen molar-refractivity contribution < 1.29 is 13.9 Å². The van der Waals surface area contributed by atoms with Crippen LogP contribution in [0.3, 0.4) is 0 Å². The van der Waals surface area contributed by atoms with E-state index in [1.165, 1.54) is 13.4 Å². The Morgan fingerprint density at radius 1 is 1.50 bits per heavy atom. The van der Waals surface area contributed by atoms with Crippen molar-refractivity contribution >= 4 is 5.97 Å². The molecule has 2 heterocycles. The summed E-state index contributed by atoms with van der Waals surface area (Å²) in [5.74, 6) is -0.162. The van der Waals surface area contributed by atoms with Gasteiger partial charge in [0.05, 0.1) is 19.7 Å². The minimum absolute atomic E-state index is 0.276. The van der Waals surface area contributed by atoms with E-state index in [-0.39, 0.29) is 5.76 Å². The van der Waals surface area contributed by atoms with E-state index >= 15 is 0 Å². The maximum absolute atomic E-state index is 11.4. The van der Waals surface area contributed by atoms with Gasteiger partial charge in [0, 0.05) is 31.0 Å². The smallest absolute Gasteiger partial charge is 0.374 e. The molecule has 0 atom stereocenters.